The average molecular weight is 273 g/mol. The summed E-state index contributed by atoms with van der Waals surface area (Å²) < 4.78 is 52.2. The molecular formula is C12H11F4N3. The van der Waals surface area contributed by atoms with E-state index >= 15 is 0 Å². The molecule has 0 saturated heterocycles. The molecular weight excluding hydrogens is 262 g/mol. The van der Waals surface area contributed by atoms with Crippen LogP contribution in [0.15, 0.2) is 30.6 Å². The van der Waals surface area contributed by atoms with Crippen LogP contribution in [0.4, 0.5) is 17.6 Å². The van der Waals surface area contributed by atoms with Crippen LogP contribution in [0, 0.1) is 5.82 Å². The smallest absolute Gasteiger partial charge is 0.316 e. The largest absolute Gasteiger partial charge is 0.419 e. The molecule has 0 fully saturated rings. The highest BCUT2D eigenvalue weighted by molar-refractivity contribution is 5.41. The number of hydrogen-bond donors (Lipinski definition) is 1. The van der Waals surface area contributed by atoms with E-state index < -0.39 is 17.6 Å². The molecule has 0 amide bonds. The Morgan fingerprint density at radius 3 is 2.63 bits per heavy atom. The number of nitrogens with one attached hydrogen (secondary N) is 1. The Bertz CT molecular complexity index is 575. The second-order valence-electron chi connectivity index (χ2n) is 3.94. The molecule has 3 nitrogen and oxygen atoms in total. The highest BCUT2D eigenvalue weighted by atomic mass is 19.4. The predicted molar refractivity (Wildman–Crippen MR) is 61.3 cm³/mol. The van der Waals surface area contributed by atoms with Gasteiger partial charge in [-0.25, -0.2) is 9.07 Å². The molecule has 1 N–H and O–H groups in total. The molecule has 0 aliphatic heterocycles. The number of alkyl halides is 3. The second kappa shape index (κ2) is 5.00. The Morgan fingerprint density at radius 2 is 2.05 bits per heavy atom. The van der Waals surface area contributed by atoms with Crippen LogP contribution in [0.25, 0.3) is 5.69 Å². The highest BCUT2D eigenvalue weighted by Gasteiger charge is 2.32. The van der Waals surface area contributed by atoms with Gasteiger partial charge in [-0.3, -0.25) is 0 Å². The minimum absolute atomic E-state index is 0.198. The lowest BCUT2D eigenvalue weighted by Gasteiger charge is -2.10. The zero-order valence-electron chi connectivity index (χ0n) is 10.0. The zero-order valence-corrected chi connectivity index (χ0v) is 10.0. The fraction of sp³-hybridized carbons (Fsp3) is 0.250. The minimum atomic E-state index is -4.46. The summed E-state index contributed by atoms with van der Waals surface area (Å²) in [7, 11) is 1.63. The summed E-state index contributed by atoms with van der Waals surface area (Å²) in [5, 5.41) is 6.41. The molecule has 0 aliphatic carbocycles. The normalized spacial score (nSPS) is 11.8. The van der Waals surface area contributed by atoms with Gasteiger partial charge in [0.15, 0.2) is 0 Å². The van der Waals surface area contributed by atoms with E-state index in [9.17, 15) is 17.6 Å². The van der Waals surface area contributed by atoms with Crippen molar-refractivity contribution >= 4 is 0 Å². The maximum atomic E-state index is 13.7. The van der Waals surface area contributed by atoms with Crippen LogP contribution < -0.4 is 5.32 Å². The van der Waals surface area contributed by atoms with E-state index in [4.69, 9.17) is 0 Å². The molecule has 0 radical (unpaired) electrons. The van der Waals surface area contributed by atoms with E-state index in [2.05, 4.69) is 10.4 Å². The summed E-state index contributed by atoms with van der Waals surface area (Å²) in [6, 6.07) is 4.20. The van der Waals surface area contributed by atoms with Gasteiger partial charge in [0.1, 0.15) is 5.82 Å². The van der Waals surface area contributed by atoms with E-state index in [-0.39, 0.29) is 17.8 Å². The first-order valence-corrected chi connectivity index (χ1v) is 5.47. The fourth-order valence-corrected chi connectivity index (χ4v) is 1.71. The molecule has 0 aliphatic rings. The molecule has 0 spiro atoms. The molecule has 102 valence electrons. The number of benzene rings is 1. The van der Waals surface area contributed by atoms with Crippen molar-refractivity contribution in [2.75, 3.05) is 7.05 Å². The lowest BCUT2D eigenvalue weighted by Crippen LogP contribution is -2.11. The summed E-state index contributed by atoms with van der Waals surface area (Å²) in [5.74, 6) is -0.490. The molecule has 1 heterocycles. The van der Waals surface area contributed by atoms with Gasteiger partial charge in [0, 0.05) is 18.3 Å². The van der Waals surface area contributed by atoms with Crippen LogP contribution in [-0.2, 0) is 12.7 Å². The van der Waals surface area contributed by atoms with Crippen LogP contribution in [-0.4, -0.2) is 16.8 Å². The second-order valence-corrected chi connectivity index (χ2v) is 3.94. The van der Waals surface area contributed by atoms with Gasteiger partial charge >= 0.3 is 6.18 Å². The van der Waals surface area contributed by atoms with Gasteiger partial charge in [0.25, 0.3) is 0 Å². The summed E-state index contributed by atoms with van der Waals surface area (Å²) in [5.41, 5.74) is -0.321. The standard InChI is InChI=1S/C12H11F4N3/c1-17-6-9-10(13)3-2-4-11(9)19-7-8(5-18-19)12(14,15)16/h2-5,7,17H,6H2,1H3. The maximum absolute atomic E-state index is 13.7. The number of halogens is 4. The number of hydrogen-bond acceptors (Lipinski definition) is 2. The fourth-order valence-electron chi connectivity index (χ4n) is 1.71. The number of aromatic nitrogens is 2. The average Bonchev–Trinajstić information content (AvgIpc) is 2.81. The molecule has 1 aromatic carbocycles. The summed E-state index contributed by atoms with van der Waals surface area (Å²) in [4.78, 5) is 0. The Labute approximate surface area is 106 Å². The van der Waals surface area contributed by atoms with E-state index in [0.717, 1.165) is 10.9 Å². The Hall–Kier alpha value is -1.89. The van der Waals surface area contributed by atoms with Crippen LogP contribution in [0.5, 0.6) is 0 Å². The predicted octanol–water partition coefficient (Wildman–Crippen LogP) is 2.75. The molecule has 2 aromatic rings. The Morgan fingerprint density at radius 1 is 1.32 bits per heavy atom. The van der Waals surface area contributed by atoms with E-state index in [1.54, 1.807) is 7.05 Å². The van der Waals surface area contributed by atoms with Crippen LogP contribution >= 0.6 is 0 Å². The Kier molecular flexibility index (Phi) is 3.57. The molecule has 0 saturated carbocycles. The van der Waals surface area contributed by atoms with Crippen LogP contribution in [0.2, 0.25) is 0 Å². The lowest BCUT2D eigenvalue weighted by molar-refractivity contribution is -0.137. The van der Waals surface area contributed by atoms with Gasteiger partial charge in [-0.05, 0) is 19.2 Å². The van der Waals surface area contributed by atoms with Crippen molar-refractivity contribution in [3.63, 3.8) is 0 Å². The van der Waals surface area contributed by atoms with E-state index in [1.807, 2.05) is 0 Å². The van der Waals surface area contributed by atoms with Crippen molar-refractivity contribution in [3.05, 3.63) is 47.5 Å². The van der Waals surface area contributed by atoms with Gasteiger partial charge in [0.2, 0.25) is 0 Å². The van der Waals surface area contributed by atoms with Gasteiger partial charge < -0.3 is 5.32 Å². The molecule has 0 unspecified atom stereocenters. The summed E-state index contributed by atoms with van der Waals surface area (Å²) >= 11 is 0. The monoisotopic (exact) mass is 273 g/mol. The van der Waals surface area contributed by atoms with Gasteiger partial charge in [-0.15, -0.1) is 0 Å². The minimum Gasteiger partial charge on any atom is -0.316 e. The van der Waals surface area contributed by atoms with Crippen molar-refractivity contribution < 1.29 is 17.6 Å². The first-order chi connectivity index (χ1) is 8.93. The van der Waals surface area contributed by atoms with Gasteiger partial charge in [-0.2, -0.15) is 18.3 Å². The molecule has 0 bridgehead atoms. The van der Waals surface area contributed by atoms with Crippen molar-refractivity contribution in [2.45, 2.75) is 12.7 Å². The highest BCUT2D eigenvalue weighted by Crippen LogP contribution is 2.29. The summed E-state index contributed by atoms with van der Waals surface area (Å²) in [6.07, 6.45) is -2.91. The van der Waals surface area contributed by atoms with Crippen LogP contribution in [0.1, 0.15) is 11.1 Å². The van der Waals surface area contributed by atoms with Crippen molar-refractivity contribution in [1.29, 1.82) is 0 Å². The molecule has 19 heavy (non-hydrogen) atoms. The first kappa shape index (κ1) is 13.5. The number of nitrogens with zero attached hydrogens (tertiary/aromatic N) is 2. The van der Waals surface area contributed by atoms with Crippen LogP contribution in [0.3, 0.4) is 0 Å². The third-order valence-electron chi connectivity index (χ3n) is 2.60. The molecule has 1 aromatic heterocycles. The molecule has 7 heteroatoms. The lowest BCUT2D eigenvalue weighted by atomic mass is 10.1. The molecule has 0 atom stereocenters. The third kappa shape index (κ3) is 2.76. The van der Waals surface area contributed by atoms with Crippen molar-refractivity contribution in [1.82, 2.24) is 15.1 Å². The molecule has 2 rings (SSSR count). The zero-order chi connectivity index (χ0) is 14.0. The maximum Gasteiger partial charge on any atom is 0.419 e. The SMILES string of the molecule is CNCc1c(F)cccc1-n1cc(C(F)(F)F)cn1. The van der Waals surface area contributed by atoms with Crippen molar-refractivity contribution in [2.24, 2.45) is 0 Å². The van der Waals surface area contributed by atoms with Gasteiger partial charge in [0.05, 0.1) is 17.4 Å². The summed E-state index contributed by atoms with van der Waals surface area (Å²) in [6.45, 7) is 0.198. The van der Waals surface area contributed by atoms with Gasteiger partial charge in [-0.1, -0.05) is 6.07 Å². The third-order valence-corrected chi connectivity index (χ3v) is 2.60. The Balaban J connectivity index is 2.47. The van der Waals surface area contributed by atoms with Crippen molar-refractivity contribution in [3.8, 4) is 5.69 Å². The first-order valence-electron chi connectivity index (χ1n) is 5.47. The topological polar surface area (TPSA) is 29.9 Å². The quantitative estimate of drug-likeness (QED) is 0.871. The van der Waals surface area contributed by atoms with E-state index in [1.165, 1.54) is 18.2 Å². The van der Waals surface area contributed by atoms with E-state index in [0.29, 0.717) is 6.20 Å². The number of rotatable bonds is 3.